The first kappa shape index (κ1) is 17.9. The number of aromatic nitrogens is 2. The van der Waals surface area contributed by atoms with Crippen molar-refractivity contribution in [1.29, 1.82) is 0 Å². The Morgan fingerprint density at radius 1 is 1.36 bits per heavy atom. The van der Waals surface area contributed by atoms with Crippen molar-refractivity contribution in [3.63, 3.8) is 0 Å². The first-order valence-electron chi connectivity index (χ1n) is 8.45. The topological polar surface area (TPSA) is 57.8 Å². The van der Waals surface area contributed by atoms with Gasteiger partial charge >= 0.3 is 0 Å². The molecule has 2 N–H and O–H groups in total. The van der Waals surface area contributed by atoms with Crippen molar-refractivity contribution in [2.45, 2.75) is 46.5 Å². The van der Waals surface area contributed by atoms with E-state index in [0.29, 0.717) is 5.95 Å². The quantitative estimate of drug-likeness (QED) is 0.801. The fourth-order valence-corrected chi connectivity index (χ4v) is 3.76. The summed E-state index contributed by atoms with van der Waals surface area (Å²) in [5.41, 5.74) is 2.87. The van der Waals surface area contributed by atoms with Gasteiger partial charge in [-0.3, -0.25) is 10.1 Å². The second kappa shape index (κ2) is 6.13. The average molecular weight is 364 g/mol. The van der Waals surface area contributed by atoms with E-state index in [1.807, 2.05) is 20.8 Å². The summed E-state index contributed by atoms with van der Waals surface area (Å²) in [4.78, 5) is 19.6. The van der Waals surface area contributed by atoms with Crippen molar-refractivity contribution < 1.29 is 9.18 Å². The fraction of sp³-hybridized carbons (Fsp3) is 0.474. The number of aromatic amines is 1. The summed E-state index contributed by atoms with van der Waals surface area (Å²) in [6.45, 7) is 9.96. The Bertz CT molecular complexity index is 828. The maximum Gasteiger partial charge on any atom is 0.229 e. The summed E-state index contributed by atoms with van der Waals surface area (Å²) in [5, 5.41) is 2.95. The predicted octanol–water partition coefficient (Wildman–Crippen LogP) is 5.01. The van der Waals surface area contributed by atoms with Crippen LogP contribution in [0.4, 0.5) is 10.3 Å². The van der Waals surface area contributed by atoms with Crippen LogP contribution in [0.15, 0.2) is 18.2 Å². The zero-order chi connectivity index (χ0) is 18.5. The third kappa shape index (κ3) is 3.17. The Hall–Kier alpha value is -1.88. The Kier molecular flexibility index (Phi) is 4.40. The van der Waals surface area contributed by atoms with Crippen LogP contribution >= 0.6 is 11.6 Å². The molecule has 1 aromatic heterocycles. The molecular weight excluding hydrogens is 341 g/mol. The Morgan fingerprint density at radius 3 is 2.64 bits per heavy atom. The molecule has 25 heavy (non-hydrogen) atoms. The summed E-state index contributed by atoms with van der Waals surface area (Å²) in [6, 6.07) is 4.90. The highest BCUT2D eigenvalue weighted by Gasteiger charge is 2.60. The highest BCUT2D eigenvalue weighted by Crippen LogP contribution is 2.70. The van der Waals surface area contributed by atoms with Crippen molar-refractivity contribution in [3.05, 3.63) is 46.0 Å². The van der Waals surface area contributed by atoms with Gasteiger partial charge in [-0.2, -0.15) is 0 Å². The third-order valence-electron chi connectivity index (χ3n) is 5.11. The number of carbonyl (C=O) groups is 1. The van der Waals surface area contributed by atoms with Crippen LogP contribution in [0.1, 0.15) is 56.5 Å². The Labute approximate surface area is 152 Å². The molecule has 1 saturated carbocycles. The van der Waals surface area contributed by atoms with Gasteiger partial charge in [0, 0.05) is 17.5 Å². The number of hydrogen-bond donors (Lipinski definition) is 2. The zero-order valence-corrected chi connectivity index (χ0v) is 15.8. The van der Waals surface area contributed by atoms with E-state index >= 15 is 0 Å². The summed E-state index contributed by atoms with van der Waals surface area (Å²) < 4.78 is 13.5. The van der Waals surface area contributed by atoms with Gasteiger partial charge in [0.2, 0.25) is 11.9 Å². The molecule has 1 aromatic carbocycles. The van der Waals surface area contributed by atoms with E-state index in [9.17, 15) is 9.18 Å². The molecule has 0 saturated heterocycles. The molecular formula is C19H23ClFN3O. The van der Waals surface area contributed by atoms with Gasteiger partial charge in [0.15, 0.2) is 0 Å². The lowest BCUT2D eigenvalue weighted by Crippen LogP contribution is -2.18. The molecule has 2 atom stereocenters. The van der Waals surface area contributed by atoms with Gasteiger partial charge < -0.3 is 4.98 Å². The molecule has 1 aliphatic rings. The molecule has 0 aliphatic heterocycles. The van der Waals surface area contributed by atoms with Gasteiger partial charge in [-0.15, -0.1) is 0 Å². The minimum Gasteiger partial charge on any atom is -0.328 e. The maximum absolute atomic E-state index is 13.5. The average Bonchev–Trinajstić information content (AvgIpc) is 2.89. The van der Waals surface area contributed by atoms with E-state index in [0.717, 1.165) is 17.0 Å². The lowest BCUT2D eigenvalue weighted by molar-refractivity contribution is -0.118. The first-order chi connectivity index (χ1) is 11.6. The molecule has 0 spiro atoms. The smallest absolute Gasteiger partial charge is 0.229 e. The number of imidazole rings is 1. The van der Waals surface area contributed by atoms with Crippen LogP contribution < -0.4 is 5.32 Å². The van der Waals surface area contributed by atoms with Gasteiger partial charge in [0.25, 0.3) is 0 Å². The summed E-state index contributed by atoms with van der Waals surface area (Å²) >= 11 is 5.95. The second-order valence-electron chi connectivity index (χ2n) is 7.69. The number of hydrogen-bond acceptors (Lipinski definition) is 2. The van der Waals surface area contributed by atoms with Gasteiger partial charge in [-0.05, 0) is 36.0 Å². The largest absolute Gasteiger partial charge is 0.328 e. The van der Waals surface area contributed by atoms with Crippen LogP contribution in [-0.2, 0) is 4.79 Å². The van der Waals surface area contributed by atoms with Crippen LogP contribution in [-0.4, -0.2) is 15.9 Å². The van der Waals surface area contributed by atoms with Crippen molar-refractivity contribution in [2.24, 2.45) is 11.3 Å². The molecule has 1 aliphatic carbocycles. The number of H-pyrrole nitrogens is 1. The number of aryl methyl sites for hydroxylation is 1. The maximum atomic E-state index is 13.5. The van der Waals surface area contributed by atoms with Crippen molar-refractivity contribution in [1.82, 2.24) is 9.97 Å². The number of nitrogens with one attached hydrogen (secondary N) is 2. The molecule has 0 bridgehead atoms. The van der Waals surface area contributed by atoms with Gasteiger partial charge in [0.05, 0.1) is 10.7 Å². The number of amides is 1. The van der Waals surface area contributed by atoms with Crippen LogP contribution in [0.5, 0.6) is 0 Å². The van der Waals surface area contributed by atoms with E-state index in [2.05, 4.69) is 29.1 Å². The predicted molar refractivity (Wildman–Crippen MR) is 97.5 cm³/mol. The van der Waals surface area contributed by atoms with E-state index < -0.39 is 5.82 Å². The number of halogens is 2. The highest BCUT2D eigenvalue weighted by molar-refractivity contribution is 6.30. The Morgan fingerprint density at radius 2 is 2.04 bits per heavy atom. The first-order valence-corrected chi connectivity index (χ1v) is 8.83. The van der Waals surface area contributed by atoms with E-state index in [-0.39, 0.29) is 34.1 Å². The molecule has 4 nitrogen and oxygen atoms in total. The SMILES string of the molecule is Cc1[nH]c(NC(=O)C(C)C)nc1C1C(c2ccc(F)c(Cl)c2)C1(C)C. The van der Waals surface area contributed by atoms with E-state index in [4.69, 9.17) is 11.6 Å². The minimum absolute atomic E-state index is 0.0135. The zero-order valence-electron chi connectivity index (χ0n) is 15.1. The summed E-state index contributed by atoms with van der Waals surface area (Å²) in [7, 11) is 0. The number of rotatable bonds is 4. The van der Waals surface area contributed by atoms with Crippen molar-refractivity contribution in [2.75, 3.05) is 5.32 Å². The van der Waals surface area contributed by atoms with Crippen LogP contribution in [0.25, 0.3) is 0 Å². The number of carbonyl (C=O) groups excluding carboxylic acids is 1. The molecule has 0 radical (unpaired) electrons. The van der Waals surface area contributed by atoms with Crippen molar-refractivity contribution in [3.8, 4) is 0 Å². The lowest BCUT2D eigenvalue weighted by Gasteiger charge is -2.03. The standard InChI is InChI=1S/C19H23ClFN3O/c1-9(2)17(25)24-18-22-10(3)16(23-18)15-14(19(15,4)5)11-6-7-13(21)12(20)8-11/h6-9,14-15H,1-5H3,(H2,22,23,24,25). The third-order valence-corrected chi connectivity index (χ3v) is 5.40. The molecule has 6 heteroatoms. The van der Waals surface area contributed by atoms with Gasteiger partial charge in [-0.25, -0.2) is 9.37 Å². The van der Waals surface area contributed by atoms with E-state index in [1.54, 1.807) is 12.1 Å². The lowest BCUT2D eigenvalue weighted by atomic mass is 10.0. The summed E-state index contributed by atoms with van der Waals surface area (Å²) in [5.74, 6) is 0.286. The fourth-order valence-electron chi connectivity index (χ4n) is 3.57. The van der Waals surface area contributed by atoms with Crippen LogP contribution in [0, 0.1) is 24.1 Å². The number of benzene rings is 1. The van der Waals surface area contributed by atoms with Crippen LogP contribution in [0.2, 0.25) is 5.02 Å². The van der Waals surface area contributed by atoms with Gasteiger partial charge in [0.1, 0.15) is 5.82 Å². The second-order valence-corrected chi connectivity index (χ2v) is 8.10. The highest BCUT2D eigenvalue weighted by atomic mass is 35.5. The van der Waals surface area contributed by atoms with Gasteiger partial charge in [-0.1, -0.05) is 45.4 Å². The minimum atomic E-state index is -0.407. The number of anilines is 1. The molecule has 2 aromatic rings. The van der Waals surface area contributed by atoms with Crippen LogP contribution in [0.3, 0.4) is 0 Å². The molecule has 1 fully saturated rings. The molecule has 134 valence electrons. The van der Waals surface area contributed by atoms with E-state index in [1.165, 1.54) is 6.07 Å². The monoisotopic (exact) mass is 363 g/mol. The molecule has 1 heterocycles. The molecule has 3 rings (SSSR count). The molecule has 1 amide bonds. The normalized spacial score (nSPS) is 21.4. The molecule has 2 unspecified atom stereocenters. The summed E-state index contributed by atoms with van der Waals surface area (Å²) in [6.07, 6.45) is 0. The Balaban J connectivity index is 1.88. The number of nitrogens with zero attached hydrogens (tertiary/aromatic N) is 1. The van der Waals surface area contributed by atoms with Crippen molar-refractivity contribution >= 4 is 23.5 Å².